The zero-order valence-corrected chi connectivity index (χ0v) is 55.7. The lowest BCUT2D eigenvalue weighted by atomic mass is 9.96. The number of ether oxygens (including phenoxy) is 7. The largest absolute Gasteiger partial charge is 0.463 e. The van der Waals surface area contributed by atoms with Gasteiger partial charge in [-0.1, -0.05) is 244 Å². The van der Waals surface area contributed by atoms with E-state index in [1.54, 1.807) is 0 Å². The Labute approximate surface area is 533 Å². The summed E-state index contributed by atoms with van der Waals surface area (Å²) in [6.07, 6.45) is 37.1. The van der Waals surface area contributed by atoms with Gasteiger partial charge in [0.1, 0.15) is 62.0 Å². The fourth-order valence-corrected chi connectivity index (χ4v) is 11.4. The molecule has 0 aromatic rings. The summed E-state index contributed by atoms with van der Waals surface area (Å²) in [7, 11) is 0. The van der Waals surface area contributed by atoms with Crippen molar-refractivity contribution < 1.29 is 83.6 Å². The molecule has 13 atom stereocenters. The molecule has 0 radical (unpaired) electrons. The predicted molar refractivity (Wildman–Crippen MR) is 347 cm³/mol. The standard InChI is InChI=1S/C71H132O17/c1-4-7-10-13-16-19-22-25-28-30-33-36-39-42-45-48-57(72)51-62(74)84-55-59(54-82-50-47-44-41-38-35-32-27-24-21-18-15-12-9-6-3)86-71-69(81)67(79)65(77)61(88-71)56-85-70-68(80)66(78)64(76)60(87-70)52-63(75)83-53-58(73)49-46-43-40-37-34-31-29-26-23-20-17-14-11-8-5-2/h25-26,28-29,57-61,64-73,76-81H,4-24,27,30-56H2,1-3H3. The minimum absolute atomic E-state index is 0.0709. The van der Waals surface area contributed by atoms with Crippen molar-refractivity contribution in [3.05, 3.63) is 24.3 Å². The zero-order chi connectivity index (χ0) is 64.1. The Morgan fingerprint density at radius 2 is 0.773 bits per heavy atom. The Bertz CT molecular complexity index is 1650. The summed E-state index contributed by atoms with van der Waals surface area (Å²) in [6.45, 7) is 5.87. The van der Waals surface area contributed by atoms with Crippen LogP contribution in [-0.4, -0.2) is 166 Å². The third kappa shape index (κ3) is 42.2. The van der Waals surface area contributed by atoms with Crippen LogP contribution in [-0.2, 0) is 42.7 Å². The summed E-state index contributed by atoms with van der Waals surface area (Å²) in [6, 6.07) is 0. The van der Waals surface area contributed by atoms with Gasteiger partial charge in [0.2, 0.25) is 0 Å². The normalized spacial score (nSPS) is 23.5. The molecule has 0 aromatic carbocycles. The van der Waals surface area contributed by atoms with Gasteiger partial charge in [0, 0.05) is 6.61 Å². The fourth-order valence-electron chi connectivity index (χ4n) is 11.4. The summed E-state index contributed by atoms with van der Waals surface area (Å²) >= 11 is 0. The summed E-state index contributed by atoms with van der Waals surface area (Å²) in [5.74, 6) is -1.45. The minimum atomic E-state index is -1.81. The molecule has 8 N–H and O–H groups in total. The number of rotatable bonds is 60. The quantitative estimate of drug-likeness (QED) is 0.0160. The molecular formula is C71H132O17. The molecule has 17 nitrogen and oxygen atoms in total. The van der Waals surface area contributed by atoms with Gasteiger partial charge in [0.25, 0.3) is 0 Å². The Morgan fingerprint density at radius 1 is 0.398 bits per heavy atom. The van der Waals surface area contributed by atoms with Gasteiger partial charge in [-0.15, -0.1) is 0 Å². The molecule has 2 aliphatic heterocycles. The smallest absolute Gasteiger partial charge is 0.308 e. The number of esters is 2. The van der Waals surface area contributed by atoms with Crippen LogP contribution in [0.15, 0.2) is 24.3 Å². The zero-order valence-electron chi connectivity index (χ0n) is 55.7. The van der Waals surface area contributed by atoms with Crippen molar-refractivity contribution in [2.45, 2.75) is 383 Å². The van der Waals surface area contributed by atoms with Gasteiger partial charge in [-0.05, 0) is 70.6 Å². The van der Waals surface area contributed by atoms with Gasteiger partial charge in [0.15, 0.2) is 12.6 Å². The number of allylic oxidation sites excluding steroid dienone is 4. The molecule has 0 amide bonds. The first-order valence-electron chi connectivity index (χ1n) is 36.0. The molecule has 17 heteroatoms. The van der Waals surface area contributed by atoms with Gasteiger partial charge in [-0.2, -0.15) is 0 Å². The topological polar surface area (TPSA) is 261 Å². The predicted octanol–water partition coefficient (Wildman–Crippen LogP) is 13.2. The highest BCUT2D eigenvalue weighted by atomic mass is 16.7. The number of aliphatic hydroxyl groups excluding tert-OH is 8. The number of hydrogen-bond donors (Lipinski definition) is 8. The Balaban J connectivity index is 1.86. The second-order valence-electron chi connectivity index (χ2n) is 25.6. The van der Waals surface area contributed by atoms with Gasteiger partial charge < -0.3 is 74.0 Å². The molecule has 518 valence electrons. The molecule has 2 aliphatic rings. The first kappa shape index (κ1) is 82.0. The summed E-state index contributed by atoms with van der Waals surface area (Å²) in [4.78, 5) is 25.9. The monoisotopic (exact) mass is 1260 g/mol. The molecule has 2 heterocycles. The fraction of sp³-hybridized carbons (Fsp3) is 0.915. The van der Waals surface area contributed by atoms with Crippen LogP contribution >= 0.6 is 0 Å². The Morgan fingerprint density at radius 3 is 1.24 bits per heavy atom. The van der Waals surface area contributed by atoms with Crippen molar-refractivity contribution in [3.8, 4) is 0 Å². The molecule has 88 heavy (non-hydrogen) atoms. The molecular weight excluding hydrogens is 1120 g/mol. The maximum absolute atomic E-state index is 13.1. The Kier molecular flexibility index (Phi) is 52.6. The molecule has 0 saturated carbocycles. The van der Waals surface area contributed by atoms with Crippen LogP contribution in [0.2, 0.25) is 0 Å². The van der Waals surface area contributed by atoms with E-state index in [0.717, 1.165) is 116 Å². The highest BCUT2D eigenvalue weighted by Gasteiger charge is 2.48. The average Bonchev–Trinajstić information content (AvgIpc) is 2.16. The maximum Gasteiger partial charge on any atom is 0.308 e. The van der Waals surface area contributed by atoms with Crippen LogP contribution in [0.5, 0.6) is 0 Å². The van der Waals surface area contributed by atoms with Crippen molar-refractivity contribution in [3.63, 3.8) is 0 Å². The van der Waals surface area contributed by atoms with Crippen LogP contribution < -0.4 is 0 Å². The van der Waals surface area contributed by atoms with E-state index in [0.29, 0.717) is 19.4 Å². The summed E-state index contributed by atoms with van der Waals surface area (Å²) in [5.41, 5.74) is 0. The molecule has 13 unspecified atom stereocenters. The lowest BCUT2D eigenvalue weighted by Gasteiger charge is -2.43. The second-order valence-corrected chi connectivity index (χ2v) is 25.6. The van der Waals surface area contributed by atoms with E-state index in [1.165, 1.54) is 141 Å². The summed E-state index contributed by atoms with van der Waals surface area (Å²) < 4.78 is 40.4. The van der Waals surface area contributed by atoms with E-state index in [1.807, 2.05) is 0 Å². The molecule has 0 aliphatic carbocycles. The van der Waals surface area contributed by atoms with Crippen molar-refractivity contribution in [2.24, 2.45) is 0 Å². The van der Waals surface area contributed by atoms with Crippen LogP contribution in [0.1, 0.15) is 303 Å². The maximum atomic E-state index is 13.1. The van der Waals surface area contributed by atoms with Crippen LogP contribution in [0, 0.1) is 0 Å². The number of aliphatic hydroxyl groups is 8. The van der Waals surface area contributed by atoms with Crippen LogP contribution in [0.25, 0.3) is 0 Å². The molecule has 2 fully saturated rings. The number of carbonyl (C=O) groups is 2. The summed E-state index contributed by atoms with van der Waals surface area (Å²) in [5, 5.41) is 86.8. The van der Waals surface area contributed by atoms with Crippen molar-refractivity contribution in [1.82, 2.24) is 0 Å². The lowest BCUT2D eigenvalue weighted by molar-refractivity contribution is -0.336. The van der Waals surface area contributed by atoms with Gasteiger partial charge in [-0.25, -0.2) is 0 Å². The molecule has 0 spiro atoms. The van der Waals surface area contributed by atoms with Crippen LogP contribution in [0.3, 0.4) is 0 Å². The van der Waals surface area contributed by atoms with E-state index in [9.17, 15) is 50.4 Å². The first-order chi connectivity index (χ1) is 42.8. The van der Waals surface area contributed by atoms with E-state index < -0.39 is 105 Å². The van der Waals surface area contributed by atoms with Crippen molar-refractivity contribution in [2.75, 3.05) is 33.0 Å². The van der Waals surface area contributed by atoms with E-state index >= 15 is 0 Å². The highest BCUT2D eigenvalue weighted by molar-refractivity contribution is 5.70. The van der Waals surface area contributed by atoms with E-state index in [4.69, 9.17) is 33.2 Å². The third-order valence-corrected chi connectivity index (χ3v) is 17.3. The minimum Gasteiger partial charge on any atom is -0.463 e. The van der Waals surface area contributed by atoms with E-state index in [-0.39, 0.29) is 26.2 Å². The van der Waals surface area contributed by atoms with Crippen molar-refractivity contribution >= 4 is 11.9 Å². The van der Waals surface area contributed by atoms with Gasteiger partial charge >= 0.3 is 11.9 Å². The third-order valence-electron chi connectivity index (χ3n) is 17.3. The molecule has 2 saturated heterocycles. The molecule has 0 aromatic heterocycles. The highest BCUT2D eigenvalue weighted by Crippen LogP contribution is 2.29. The lowest BCUT2D eigenvalue weighted by Crippen LogP contribution is -2.62. The number of carbonyl (C=O) groups excluding carboxylic acids is 2. The average molecular weight is 1260 g/mol. The Hall–Kier alpha value is -2.10. The van der Waals surface area contributed by atoms with Crippen molar-refractivity contribution in [1.29, 1.82) is 0 Å². The SMILES string of the molecule is CCCCCCCCC=CCCCCCCCC(O)COC(=O)CC1OC(OCC2OC(OC(COCCCCCCCCCCCCCCCC)COC(=O)CC(O)CCCCCCCC=CCCCCCCCC)C(O)C(O)C2O)C(O)C(O)C1O. The van der Waals surface area contributed by atoms with Gasteiger partial charge in [0.05, 0.1) is 44.4 Å². The second kappa shape index (κ2) is 56.4. The first-order valence-corrected chi connectivity index (χ1v) is 36.0. The number of unbranched alkanes of at least 4 members (excludes halogenated alkanes) is 35. The van der Waals surface area contributed by atoms with E-state index in [2.05, 4.69) is 45.1 Å². The van der Waals surface area contributed by atoms with Crippen LogP contribution in [0.4, 0.5) is 0 Å². The molecule has 0 bridgehead atoms. The molecule has 2 rings (SSSR count). The van der Waals surface area contributed by atoms with Gasteiger partial charge in [-0.3, -0.25) is 9.59 Å². The number of hydrogen-bond acceptors (Lipinski definition) is 17.